The lowest BCUT2D eigenvalue weighted by molar-refractivity contribution is 0.141. The van der Waals surface area contributed by atoms with E-state index in [0.717, 1.165) is 18.8 Å². The van der Waals surface area contributed by atoms with Crippen molar-refractivity contribution in [2.75, 3.05) is 6.54 Å². The molecule has 1 aliphatic rings. The Morgan fingerprint density at radius 1 is 1.37 bits per heavy atom. The number of rotatable bonds is 6. The van der Waals surface area contributed by atoms with Gasteiger partial charge < -0.3 is 5.32 Å². The van der Waals surface area contributed by atoms with Crippen LogP contribution in [-0.4, -0.2) is 27.4 Å². The Labute approximate surface area is 117 Å². The molecule has 2 rings (SSSR count). The van der Waals surface area contributed by atoms with Crippen molar-refractivity contribution in [3.8, 4) is 0 Å². The van der Waals surface area contributed by atoms with Crippen LogP contribution in [0.4, 0.5) is 0 Å². The van der Waals surface area contributed by atoms with Gasteiger partial charge in [0.15, 0.2) is 0 Å². The van der Waals surface area contributed by atoms with E-state index in [1.54, 1.807) is 6.33 Å². The maximum Gasteiger partial charge on any atom is 0.138 e. The van der Waals surface area contributed by atoms with Crippen molar-refractivity contribution in [3.05, 3.63) is 12.2 Å². The van der Waals surface area contributed by atoms with E-state index in [2.05, 4.69) is 29.2 Å². The molecule has 0 bridgehead atoms. The lowest BCUT2D eigenvalue weighted by Gasteiger charge is -2.41. The minimum absolute atomic E-state index is 0.416. The molecule has 1 aromatic heterocycles. The van der Waals surface area contributed by atoms with Crippen molar-refractivity contribution in [3.63, 3.8) is 0 Å². The third-order valence-corrected chi connectivity index (χ3v) is 4.67. The SMILES string of the molecule is CCCNC(Cc1ncnn1C)C1(C)CCCCC1. The highest BCUT2D eigenvalue weighted by molar-refractivity contribution is 4.97. The van der Waals surface area contributed by atoms with Crippen LogP contribution in [0, 0.1) is 5.41 Å². The summed E-state index contributed by atoms with van der Waals surface area (Å²) in [7, 11) is 1.99. The average Bonchev–Trinajstić information content (AvgIpc) is 2.81. The van der Waals surface area contributed by atoms with Gasteiger partial charge in [-0.25, -0.2) is 4.98 Å². The summed E-state index contributed by atoms with van der Waals surface area (Å²) in [4.78, 5) is 4.40. The van der Waals surface area contributed by atoms with Crippen molar-refractivity contribution in [2.24, 2.45) is 12.5 Å². The molecular formula is C15H28N4. The predicted molar refractivity (Wildman–Crippen MR) is 78.0 cm³/mol. The zero-order valence-corrected chi connectivity index (χ0v) is 12.7. The molecule has 1 saturated carbocycles. The normalized spacial score (nSPS) is 20.4. The van der Waals surface area contributed by atoms with Crippen LogP contribution in [0.1, 0.15) is 58.2 Å². The number of hydrogen-bond donors (Lipinski definition) is 1. The number of hydrogen-bond acceptors (Lipinski definition) is 3. The van der Waals surface area contributed by atoms with Gasteiger partial charge in [-0.05, 0) is 31.2 Å². The summed E-state index contributed by atoms with van der Waals surface area (Å²) < 4.78 is 1.91. The fourth-order valence-corrected chi connectivity index (χ4v) is 3.28. The first-order valence-corrected chi connectivity index (χ1v) is 7.72. The summed E-state index contributed by atoms with van der Waals surface area (Å²) in [5, 5.41) is 7.96. The summed E-state index contributed by atoms with van der Waals surface area (Å²) in [6.07, 6.45) is 10.7. The standard InChI is InChI=1S/C15H28N4/c1-4-10-16-13(11-14-17-12-18-19(14)3)15(2)8-6-5-7-9-15/h12-13,16H,4-11H2,1-3H3. The van der Waals surface area contributed by atoms with Crippen LogP contribution in [0.25, 0.3) is 0 Å². The van der Waals surface area contributed by atoms with Crippen molar-refractivity contribution in [2.45, 2.75) is 64.8 Å². The van der Waals surface area contributed by atoms with E-state index in [1.807, 2.05) is 11.7 Å². The van der Waals surface area contributed by atoms with Crippen molar-refractivity contribution < 1.29 is 0 Å². The van der Waals surface area contributed by atoms with Crippen LogP contribution >= 0.6 is 0 Å². The van der Waals surface area contributed by atoms with E-state index in [4.69, 9.17) is 0 Å². The average molecular weight is 264 g/mol. The zero-order valence-electron chi connectivity index (χ0n) is 12.7. The first-order chi connectivity index (χ1) is 9.15. The second kappa shape index (κ2) is 6.51. The van der Waals surface area contributed by atoms with Crippen LogP contribution in [0.5, 0.6) is 0 Å². The maximum atomic E-state index is 4.40. The van der Waals surface area contributed by atoms with Gasteiger partial charge in [0.1, 0.15) is 12.2 Å². The Hall–Kier alpha value is -0.900. The number of aryl methyl sites for hydroxylation is 1. The molecule has 0 saturated heterocycles. The summed E-state index contributed by atoms with van der Waals surface area (Å²) in [5.74, 6) is 1.10. The van der Waals surface area contributed by atoms with Crippen molar-refractivity contribution >= 4 is 0 Å². The Bertz CT molecular complexity index is 379. The van der Waals surface area contributed by atoms with E-state index in [-0.39, 0.29) is 0 Å². The van der Waals surface area contributed by atoms with E-state index in [1.165, 1.54) is 38.5 Å². The van der Waals surface area contributed by atoms with Gasteiger partial charge in [0.05, 0.1) is 0 Å². The lowest BCUT2D eigenvalue weighted by Crippen LogP contribution is -2.47. The number of nitrogens with zero attached hydrogens (tertiary/aromatic N) is 3. The molecule has 0 radical (unpaired) electrons. The maximum absolute atomic E-state index is 4.40. The zero-order chi connectivity index (χ0) is 13.7. The van der Waals surface area contributed by atoms with Crippen LogP contribution in [0.3, 0.4) is 0 Å². The second-order valence-electron chi connectivity index (χ2n) is 6.23. The fourth-order valence-electron chi connectivity index (χ4n) is 3.28. The Kier molecular flexibility index (Phi) is 4.97. The molecule has 0 aliphatic heterocycles. The molecule has 0 aromatic carbocycles. The highest BCUT2D eigenvalue weighted by atomic mass is 15.3. The highest BCUT2D eigenvalue weighted by Gasteiger charge is 2.35. The predicted octanol–water partition coefficient (Wildman–Crippen LogP) is 2.70. The number of nitrogens with one attached hydrogen (secondary N) is 1. The second-order valence-corrected chi connectivity index (χ2v) is 6.23. The molecule has 1 aromatic rings. The molecule has 19 heavy (non-hydrogen) atoms. The third kappa shape index (κ3) is 3.56. The molecular weight excluding hydrogens is 236 g/mol. The van der Waals surface area contributed by atoms with Gasteiger partial charge in [-0.3, -0.25) is 4.68 Å². The highest BCUT2D eigenvalue weighted by Crippen LogP contribution is 2.39. The van der Waals surface area contributed by atoms with Crippen LogP contribution in [0.2, 0.25) is 0 Å². The summed E-state index contributed by atoms with van der Waals surface area (Å²) in [6.45, 7) is 5.78. The van der Waals surface area contributed by atoms with Gasteiger partial charge in [-0.15, -0.1) is 0 Å². The van der Waals surface area contributed by atoms with Crippen LogP contribution in [-0.2, 0) is 13.5 Å². The molecule has 1 heterocycles. The molecule has 1 unspecified atom stereocenters. The van der Waals surface area contributed by atoms with Gasteiger partial charge in [-0.2, -0.15) is 5.10 Å². The topological polar surface area (TPSA) is 42.7 Å². The van der Waals surface area contributed by atoms with E-state index in [0.29, 0.717) is 11.5 Å². The monoisotopic (exact) mass is 264 g/mol. The van der Waals surface area contributed by atoms with Gasteiger partial charge in [0.25, 0.3) is 0 Å². The van der Waals surface area contributed by atoms with E-state index in [9.17, 15) is 0 Å². The Balaban J connectivity index is 2.08. The molecule has 4 nitrogen and oxygen atoms in total. The molecule has 1 fully saturated rings. The van der Waals surface area contributed by atoms with Gasteiger partial charge in [0, 0.05) is 19.5 Å². The first kappa shape index (κ1) is 14.5. The molecule has 1 atom stereocenters. The van der Waals surface area contributed by atoms with Gasteiger partial charge in [-0.1, -0.05) is 33.1 Å². The fraction of sp³-hybridized carbons (Fsp3) is 0.867. The summed E-state index contributed by atoms with van der Waals surface area (Å²) >= 11 is 0. The van der Waals surface area contributed by atoms with E-state index < -0.39 is 0 Å². The van der Waals surface area contributed by atoms with Crippen molar-refractivity contribution in [1.82, 2.24) is 20.1 Å². The summed E-state index contributed by atoms with van der Waals surface area (Å²) in [6, 6.07) is 0.524. The lowest BCUT2D eigenvalue weighted by atomic mass is 9.69. The summed E-state index contributed by atoms with van der Waals surface area (Å²) in [5.41, 5.74) is 0.416. The van der Waals surface area contributed by atoms with Gasteiger partial charge >= 0.3 is 0 Å². The smallest absolute Gasteiger partial charge is 0.138 e. The molecule has 4 heteroatoms. The first-order valence-electron chi connectivity index (χ1n) is 7.72. The van der Waals surface area contributed by atoms with Crippen LogP contribution < -0.4 is 5.32 Å². The molecule has 1 N–H and O–H groups in total. The number of aromatic nitrogens is 3. The third-order valence-electron chi connectivity index (χ3n) is 4.67. The van der Waals surface area contributed by atoms with E-state index >= 15 is 0 Å². The quantitative estimate of drug-likeness (QED) is 0.859. The molecule has 1 aliphatic carbocycles. The minimum atomic E-state index is 0.416. The van der Waals surface area contributed by atoms with Gasteiger partial charge in [0.2, 0.25) is 0 Å². The van der Waals surface area contributed by atoms with Crippen LogP contribution in [0.15, 0.2) is 6.33 Å². The molecule has 0 amide bonds. The molecule has 0 spiro atoms. The molecule has 108 valence electrons. The van der Waals surface area contributed by atoms with Crippen molar-refractivity contribution in [1.29, 1.82) is 0 Å². The Morgan fingerprint density at radius 2 is 2.11 bits per heavy atom. The Morgan fingerprint density at radius 3 is 2.68 bits per heavy atom. The minimum Gasteiger partial charge on any atom is -0.313 e. The largest absolute Gasteiger partial charge is 0.313 e.